The molecule has 7 nitrogen and oxygen atoms in total. The maximum atomic E-state index is 13.0. The molecule has 1 fully saturated rings. The Bertz CT molecular complexity index is 1310. The van der Waals surface area contributed by atoms with E-state index in [1.807, 2.05) is 26.8 Å². The smallest absolute Gasteiger partial charge is 0.274 e. The van der Waals surface area contributed by atoms with Gasteiger partial charge in [-0.3, -0.25) is 4.79 Å². The Labute approximate surface area is 211 Å². The minimum atomic E-state index is -0.331. The Morgan fingerprint density at radius 2 is 1.81 bits per heavy atom. The number of piperidine rings is 1. The molecular formula is C29H35N3O4. The normalized spacial score (nSPS) is 20.7. The lowest BCUT2D eigenvalue weighted by atomic mass is 9.83. The lowest BCUT2D eigenvalue weighted by Crippen LogP contribution is -2.30. The maximum Gasteiger partial charge on any atom is 0.274 e. The molecule has 3 unspecified atom stereocenters. The maximum absolute atomic E-state index is 13.0. The number of rotatable bonds is 6. The number of benzene rings is 2. The number of hydrogen-bond donors (Lipinski definition) is 4. The number of nitrogens with zero attached hydrogens (tertiary/aromatic N) is 1. The van der Waals surface area contributed by atoms with Gasteiger partial charge in [-0.2, -0.15) is 0 Å². The van der Waals surface area contributed by atoms with Crippen LogP contribution in [0.1, 0.15) is 92.6 Å². The Kier molecular flexibility index (Phi) is 6.29. The molecule has 4 N–H and O–H groups in total. The summed E-state index contributed by atoms with van der Waals surface area (Å²) < 4.78 is 5.75. The summed E-state index contributed by atoms with van der Waals surface area (Å²) in [6.45, 7) is 10.8. The molecule has 36 heavy (non-hydrogen) atoms. The number of amides is 1. The van der Waals surface area contributed by atoms with Crippen molar-refractivity contribution in [2.75, 3.05) is 6.54 Å². The van der Waals surface area contributed by atoms with Gasteiger partial charge in [0.1, 0.15) is 11.5 Å². The molecule has 2 aromatic carbocycles. The molecule has 0 spiro atoms. The zero-order chi connectivity index (χ0) is 25.7. The van der Waals surface area contributed by atoms with Crippen molar-refractivity contribution >= 4 is 5.91 Å². The van der Waals surface area contributed by atoms with Crippen LogP contribution in [0.5, 0.6) is 11.5 Å². The average Bonchev–Trinajstić information content (AvgIpc) is 3.38. The van der Waals surface area contributed by atoms with Crippen molar-refractivity contribution in [3.63, 3.8) is 0 Å². The quantitative estimate of drug-likeness (QED) is 0.336. The second-order valence-corrected chi connectivity index (χ2v) is 10.8. The Hall–Kier alpha value is -3.32. The number of aromatic hydroxyl groups is 2. The predicted molar refractivity (Wildman–Crippen MR) is 139 cm³/mol. The van der Waals surface area contributed by atoms with E-state index in [1.54, 1.807) is 6.07 Å². The molecule has 190 valence electrons. The first-order valence-electron chi connectivity index (χ1n) is 12.9. The third-order valence-electron chi connectivity index (χ3n) is 7.80. The van der Waals surface area contributed by atoms with E-state index in [1.165, 1.54) is 17.2 Å². The third-order valence-corrected chi connectivity index (χ3v) is 7.80. The summed E-state index contributed by atoms with van der Waals surface area (Å²) in [5, 5.41) is 31.9. The van der Waals surface area contributed by atoms with E-state index in [0.29, 0.717) is 46.9 Å². The molecule has 3 atom stereocenters. The molecule has 3 heterocycles. The van der Waals surface area contributed by atoms with Crippen LogP contribution >= 0.6 is 0 Å². The fourth-order valence-corrected chi connectivity index (χ4v) is 5.79. The number of aromatic nitrogens is 1. The van der Waals surface area contributed by atoms with Gasteiger partial charge in [-0.05, 0) is 71.9 Å². The second kappa shape index (κ2) is 9.28. The molecule has 2 aliphatic rings. The van der Waals surface area contributed by atoms with Crippen LogP contribution in [-0.4, -0.2) is 27.8 Å². The molecule has 1 amide bonds. The van der Waals surface area contributed by atoms with Gasteiger partial charge in [-0.25, -0.2) is 0 Å². The number of hydrogen-bond acceptors (Lipinski definition) is 6. The van der Waals surface area contributed by atoms with Gasteiger partial charge in [-0.1, -0.05) is 45.0 Å². The molecule has 7 heteroatoms. The highest BCUT2D eigenvalue weighted by Gasteiger charge is 2.39. The van der Waals surface area contributed by atoms with Gasteiger partial charge in [0.15, 0.2) is 11.5 Å². The minimum Gasteiger partial charge on any atom is -0.508 e. The summed E-state index contributed by atoms with van der Waals surface area (Å²) >= 11 is 0. The van der Waals surface area contributed by atoms with Crippen LogP contribution in [0, 0.1) is 11.8 Å². The van der Waals surface area contributed by atoms with Crippen molar-refractivity contribution < 1.29 is 19.5 Å². The molecule has 3 aromatic rings. The summed E-state index contributed by atoms with van der Waals surface area (Å²) in [4.78, 5) is 13.0. The fraction of sp³-hybridized carbons (Fsp3) is 0.448. The van der Waals surface area contributed by atoms with E-state index in [4.69, 9.17) is 4.52 Å². The van der Waals surface area contributed by atoms with Crippen molar-refractivity contribution in [2.45, 2.75) is 65.5 Å². The Morgan fingerprint density at radius 1 is 1.08 bits per heavy atom. The van der Waals surface area contributed by atoms with Crippen LogP contribution in [0.4, 0.5) is 0 Å². The van der Waals surface area contributed by atoms with Gasteiger partial charge in [0, 0.05) is 24.7 Å². The minimum absolute atomic E-state index is 0.0202. The Balaban J connectivity index is 1.66. The third kappa shape index (κ3) is 4.05. The van der Waals surface area contributed by atoms with E-state index in [0.717, 1.165) is 18.4 Å². The van der Waals surface area contributed by atoms with E-state index in [-0.39, 0.29) is 35.1 Å². The highest BCUT2D eigenvalue weighted by molar-refractivity contribution is 6.02. The average molecular weight is 490 g/mol. The summed E-state index contributed by atoms with van der Waals surface area (Å²) in [7, 11) is 0. The Morgan fingerprint density at radius 3 is 2.47 bits per heavy atom. The molecule has 0 radical (unpaired) electrons. The van der Waals surface area contributed by atoms with Crippen LogP contribution in [0.2, 0.25) is 0 Å². The van der Waals surface area contributed by atoms with Crippen LogP contribution in [0.3, 0.4) is 0 Å². The standard InChI is InChI=1S/C29H35N3O4/c1-6-30-29(35)27-26(28(36-32-27)21-12-19(15(4)5)24(33)13-25(21)34)16-7-8-18-20(9-16)23-11-17(14(2)3)10-22(18)31-23/h7-9,12-15,17,22-23,31,33-34H,6,10-11H2,1-5H3,(H,30,35). The van der Waals surface area contributed by atoms with Gasteiger partial charge >= 0.3 is 0 Å². The highest BCUT2D eigenvalue weighted by atomic mass is 16.5. The zero-order valence-corrected chi connectivity index (χ0v) is 21.6. The monoisotopic (exact) mass is 489 g/mol. The van der Waals surface area contributed by atoms with Crippen LogP contribution in [-0.2, 0) is 0 Å². The van der Waals surface area contributed by atoms with Gasteiger partial charge in [-0.15, -0.1) is 0 Å². The molecule has 1 saturated heterocycles. The SMILES string of the molecule is CCNC(=O)c1noc(-c2cc(C(C)C)c(O)cc2O)c1-c1ccc2c(c1)C1CC(C(C)C)CC2N1. The summed E-state index contributed by atoms with van der Waals surface area (Å²) in [5.74, 6) is 1.19. The summed E-state index contributed by atoms with van der Waals surface area (Å²) in [6.07, 6.45) is 2.21. The number of carbonyl (C=O) groups excluding carboxylic acids is 1. The summed E-state index contributed by atoms with van der Waals surface area (Å²) in [6, 6.07) is 9.98. The van der Waals surface area contributed by atoms with Crippen molar-refractivity contribution in [3.8, 4) is 33.9 Å². The zero-order valence-electron chi connectivity index (χ0n) is 21.6. The van der Waals surface area contributed by atoms with Crippen molar-refractivity contribution in [2.24, 2.45) is 11.8 Å². The van der Waals surface area contributed by atoms with Crippen LogP contribution in [0.15, 0.2) is 34.9 Å². The van der Waals surface area contributed by atoms with E-state index >= 15 is 0 Å². The fourth-order valence-electron chi connectivity index (χ4n) is 5.79. The molecule has 2 aliphatic heterocycles. The van der Waals surface area contributed by atoms with Crippen molar-refractivity contribution in [3.05, 3.63) is 52.7 Å². The number of phenols is 2. The molecule has 2 bridgehead atoms. The first kappa shape index (κ1) is 24.4. The molecule has 0 aliphatic carbocycles. The number of carbonyl (C=O) groups is 1. The highest BCUT2D eigenvalue weighted by Crippen LogP contribution is 2.49. The van der Waals surface area contributed by atoms with E-state index in [9.17, 15) is 15.0 Å². The topological polar surface area (TPSA) is 108 Å². The molecule has 5 rings (SSSR count). The molecule has 0 saturated carbocycles. The van der Waals surface area contributed by atoms with Gasteiger partial charge in [0.2, 0.25) is 0 Å². The van der Waals surface area contributed by atoms with Crippen molar-refractivity contribution in [1.82, 2.24) is 15.8 Å². The van der Waals surface area contributed by atoms with Crippen LogP contribution in [0.25, 0.3) is 22.5 Å². The number of phenolic OH excluding ortho intramolecular Hbond substituents is 2. The van der Waals surface area contributed by atoms with Gasteiger partial charge in [0.25, 0.3) is 5.91 Å². The van der Waals surface area contributed by atoms with Gasteiger partial charge < -0.3 is 25.4 Å². The van der Waals surface area contributed by atoms with Gasteiger partial charge in [0.05, 0.1) is 11.1 Å². The molecule has 1 aromatic heterocycles. The molecular weight excluding hydrogens is 454 g/mol. The predicted octanol–water partition coefficient (Wildman–Crippen LogP) is 6.04. The van der Waals surface area contributed by atoms with E-state index in [2.05, 4.69) is 41.8 Å². The lowest BCUT2D eigenvalue weighted by Gasteiger charge is -2.32. The first-order chi connectivity index (χ1) is 17.2. The first-order valence-corrected chi connectivity index (χ1v) is 12.9. The summed E-state index contributed by atoms with van der Waals surface area (Å²) in [5.41, 5.74) is 5.19. The second-order valence-electron chi connectivity index (χ2n) is 10.8. The largest absolute Gasteiger partial charge is 0.508 e. The lowest BCUT2D eigenvalue weighted by molar-refractivity contribution is 0.0947. The van der Waals surface area contributed by atoms with Crippen molar-refractivity contribution in [1.29, 1.82) is 0 Å². The number of fused-ring (bicyclic) bond motifs is 5. The number of nitrogens with one attached hydrogen (secondary N) is 2. The van der Waals surface area contributed by atoms with E-state index < -0.39 is 0 Å². The van der Waals surface area contributed by atoms with Crippen LogP contribution < -0.4 is 10.6 Å².